The van der Waals surface area contributed by atoms with Gasteiger partial charge in [0.15, 0.2) is 0 Å². The van der Waals surface area contributed by atoms with Crippen LogP contribution in [0.15, 0.2) is 42.5 Å². The number of carbonyl (C=O) groups is 2. The number of ether oxygens (including phenoxy) is 1. The standard InChI is InChI=1S/C31H46ClN3O3/c1-8-25(16-30(36)38-20-24(7)17-32)26-11-14-29(35(18-21(2)3)19-22(4)5)28(15-26)34-31(37)33-27-12-9-23(6)10-13-27/h9-15,21-22,24-25H,8,16-20H2,1-7H3,(H2,33,34,37)/t24-,25?/m0/s1. The van der Waals surface area contributed by atoms with Crippen LogP contribution in [0, 0.1) is 24.7 Å². The van der Waals surface area contributed by atoms with Crippen LogP contribution in [-0.4, -0.2) is 37.6 Å². The third-order valence-corrected chi connectivity index (χ3v) is 6.79. The summed E-state index contributed by atoms with van der Waals surface area (Å²) in [6.07, 6.45) is 1.05. The molecule has 2 aromatic rings. The highest BCUT2D eigenvalue weighted by atomic mass is 35.5. The van der Waals surface area contributed by atoms with Crippen LogP contribution in [0.4, 0.5) is 21.9 Å². The van der Waals surface area contributed by atoms with Crippen molar-refractivity contribution < 1.29 is 14.3 Å². The summed E-state index contributed by atoms with van der Waals surface area (Å²) in [4.78, 5) is 28.0. The fourth-order valence-corrected chi connectivity index (χ4v) is 4.38. The van der Waals surface area contributed by atoms with E-state index in [1.807, 2.05) is 44.2 Å². The first-order chi connectivity index (χ1) is 18.0. The van der Waals surface area contributed by atoms with Crippen LogP contribution >= 0.6 is 11.6 Å². The first kappa shape index (κ1) is 31.5. The van der Waals surface area contributed by atoms with Gasteiger partial charge in [-0.1, -0.05) is 65.3 Å². The van der Waals surface area contributed by atoms with E-state index in [4.69, 9.17) is 16.3 Å². The molecule has 2 amide bonds. The lowest BCUT2D eigenvalue weighted by Crippen LogP contribution is -2.32. The smallest absolute Gasteiger partial charge is 0.323 e. The third-order valence-electron chi connectivity index (χ3n) is 6.26. The zero-order valence-electron chi connectivity index (χ0n) is 24.1. The number of nitrogens with one attached hydrogen (secondary N) is 2. The van der Waals surface area contributed by atoms with Crippen molar-refractivity contribution in [2.75, 3.05) is 41.1 Å². The Morgan fingerprint density at radius 2 is 1.58 bits per heavy atom. The van der Waals surface area contributed by atoms with E-state index in [2.05, 4.69) is 62.3 Å². The minimum atomic E-state index is -0.302. The van der Waals surface area contributed by atoms with Crippen LogP contribution in [0.5, 0.6) is 0 Å². The zero-order chi connectivity index (χ0) is 28.2. The number of benzene rings is 2. The first-order valence-corrected chi connectivity index (χ1v) is 14.3. The van der Waals surface area contributed by atoms with E-state index in [-0.39, 0.29) is 30.3 Å². The molecule has 2 aromatic carbocycles. The Bertz CT molecular complexity index is 1010. The number of hydrogen-bond acceptors (Lipinski definition) is 4. The SMILES string of the molecule is CCC(CC(=O)OC[C@@H](C)CCl)c1ccc(N(CC(C)C)CC(C)C)c(NC(=O)Nc2ccc(C)cc2)c1. The number of esters is 1. The number of alkyl halides is 1. The van der Waals surface area contributed by atoms with Gasteiger partial charge in [0.05, 0.1) is 24.4 Å². The number of nitrogens with zero attached hydrogens (tertiary/aromatic N) is 1. The maximum Gasteiger partial charge on any atom is 0.323 e. The van der Waals surface area contributed by atoms with E-state index >= 15 is 0 Å². The second-order valence-corrected chi connectivity index (χ2v) is 11.5. The summed E-state index contributed by atoms with van der Waals surface area (Å²) in [5.41, 5.74) is 4.57. The minimum absolute atomic E-state index is 0.0211. The summed E-state index contributed by atoms with van der Waals surface area (Å²) in [7, 11) is 0. The number of urea groups is 1. The Morgan fingerprint density at radius 1 is 0.947 bits per heavy atom. The van der Waals surface area contributed by atoms with Gasteiger partial charge in [0.1, 0.15) is 0 Å². The molecular formula is C31H46ClN3O3. The predicted molar refractivity (Wildman–Crippen MR) is 161 cm³/mol. The van der Waals surface area contributed by atoms with Crippen LogP contribution in [0.3, 0.4) is 0 Å². The molecule has 1 unspecified atom stereocenters. The minimum Gasteiger partial charge on any atom is -0.465 e. The van der Waals surface area contributed by atoms with Crippen LogP contribution < -0.4 is 15.5 Å². The summed E-state index contributed by atoms with van der Waals surface area (Å²) < 4.78 is 5.46. The van der Waals surface area contributed by atoms with E-state index in [0.29, 0.717) is 24.3 Å². The normalized spacial score (nSPS) is 12.8. The lowest BCUT2D eigenvalue weighted by molar-refractivity contribution is -0.145. The van der Waals surface area contributed by atoms with Gasteiger partial charge in [-0.15, -0.1) is 11.6 Å². The Labute approximate surface area is 234 Å². The van der Waals surface area contributed by atoms with Crippen molar-refractivity contribution in [3.8, 4) is 0 Å². The molecule has 0 aromatic heterocycles. The fourth-order valence-electron chi connectivity index (χ4n) is 4.30. The topological polar surface area (TPSA) is 70.7 Å². The van der Waals surface area contributed by atoms with Gasteiger partial charge in [-0.25, -0.2) is 4.79 Å². The molecule has 0 radical (unpaired) electrons. The summed E-state index contributed by atoms with van der Waals surface area (Å²) in [6, 6.07) is 13.6. The van der Waals surface area contributed by atoms with Crippen molar-refractivity contribution in [1.82, 2.24) is 0 Å². The highest BCUT2D eigenvalue weighted by Gasteiger charge is 2.21. The van der Waals surface area contributed by atoms with Crippen molar-refractivity contribution in [2.45, 2.75) is 67.2 Å². The third kappa shape index (κ3) is 10.6. The van der Waals surface area contributed by atoms with Gasteiger partial charge in [0, 0.05) is 30.6 Å². The van der Waals surface area contributed by atoms with Crippen molar-refractivity contribution in [3.05, 3.63) is 53.6 Å². The summed E-state index contributed by atoms with van der Waals surface area (Å²) >= 11 is 5.85. The molecule has 38 heavy (non-hydrogen) atoms. The maximum atomic E-state index is 13.1. The molecule has 7 heteroatoms. The van der Waals surface area contributed by atoms with Crippen LogP contribution in [0.25, 0.3) is 0 Å². The second-order valence-electron chi connectivity index (χ2n) is 11.2. The summed E-state index contributed by atoms with van der Waals surface area (Å²) in [5.74, 6) is 1.23. The van der Waals surface area contributed by atoms with E-state index < -0.39 is 0 Å². The fraction of sp³-hybridized carbons (Fsp3) is 0.548. The van der Waals surface area contributed by atoms with Gasteiger partial charge in [0.2, 0.25) is 0 Å². The molecule has 210 valence electrons. The van der Waals surface area contributed by atoms with E-state index in [1.54, 1.807) is 0 Å². The quantitative estimate of drug-likeness (QED) is 0.187. The van der Waals surface area contributed by atoms with E-state index in [9.17, 15) is 9.59 Å². The molecule has 0 spiro atoms. The van der Waals surface area contributed by atoms with E-state index in [0.717, 1.165) is 47.7 Å². The summed E-state index contributed by atoms with van der Waals surface area (Å²) in [5, 5.41) is 6.04. The highest BCUT2D eigenvalue weighted by Crippen LogP contribution is 2.34. The lowest BCUT2D eigenvalue weighted by Gasteiger charge is -2.31. The Balaban J connectivity index is 2.35. The van der Waals surface area contributed by atoms with Gasteiger partial charge in [-0.3, -0.25) is 4.79 Å². The molecule has 2 atom stereocenters. The number of hydrogen-bond donors (Lipinski definition) is 2. The largest absolute Gasteiger partial charge is 0.465 e. The highest BCUT2D eigenvalue weighted by molar-refractivity contribution is 6.18. The molecule has 0 bridgehead atoms. The average molecular weight is 544 g/mol. The number of carbonyl (C=O) groups excluding carboxylic acids is 2. The summed E-state index contributed by atoms with van der Waals surface area (Å²) in [6.45, 7) is 16.9. The van der Waals surface area contributed by atoms with Crippen LogP contribution in [-0.2, 0) is 9.53 Å². The molecule has 0 aliphatic heterocycles. The molecule has 0 saturated heterocycles. The molecule has 2 N–H and O–H groups in total. The monoisotopic (exact) mass is 543 g/mol. The van der Waals surface area contributed by atoms with Crippen molar-refractivity contribution in [1.29, 1.82) is 0 Å². The second kappa shape index (κ2) is 15.6. The molecule has 2 rings (SSSR count). The molecule has 0 saturated carbocycles. The number of aryl methyl sites for hydroxylation is 1. The maximum absolute atomic E-state index is 13.1. The van der Waals surface area contributed by atoms with Crippen molar-refractivity contribution >= 4 is 40.7 Å². The first-order valence-electron chi connectivity index (χ1n) is 13.8. The Hall–Kier alpha value is -2.73. The van der Waals surface area contributed by atoms with Crippen molar-refractivity contribution in [3.63, 3.8) is 0 Å². The molecule has 0 heterocycles. The lowest BCUT2D eigenvalue weighted by atomic mass is 9.92. The van der Waals surface area contributed by atoms with Gasteiger partial charge < -0.3 is 20.3 Å². The Kier molecular flexibility index (Phi) is 12.9. The van der Waals surface area contributed by atoms with Gasteiger partial charge in [-0.2, -0.15) is 0 Å². The average Bonchev–Trinajstić information content (AvgIpc) is 2.86. The van der Waals surface area contributed by atoms with Gasteiger partial charge in [0.25, 0.3) is 0 Å². The van der Waals surface area contributed by atoms with Crippen molar-refractivity contribution in [2.24, 2.45) is 17.8 Å². The van der Waals surface area contributed by atoms with Gasteiger partial charge in [-0.05, 0) is 60.9 Å². The number of anilines is 3. The molecule has 0 fully saturated rings. The van der Waals surface area contributed by atoms with Gasteiger partial charge >= 0.3 is 12.0 Å². The predicted octanol–water partition coefficient (Wildman–Crippen LogP) is 8.06. The Morgan fingerprint density at radius 3 is 2.13 bits per heavy atom. The number of halogens is 1. The number of amides is 2. The molecule has 6 nitrogen and oxygen atoms in total. The van der Waals surface area contributed by atoms with Crippen LogP contribution in [0.2, 0.25) is 0 Å². The molecule has 0 aliphatic carbocycles. The van der Waals surface area contributed by atoms with E-state index in [1.165, 1.54) is 0 Å². The molecule has 0 aliphatic rings. The zero-order valence-corrected chi connectivity index (χ0v) is 24.9. The number of rotatable bonds is 14. The molecular weight excluding hydrogens is 498 g/mol. The van der Waals surface area contributed by atoms with Crippen LogP contribution in [0.1, 0.15) is 71.4 Å².